The fourth-order valence-corrected chi connectivity index (χ4v) is 4.84. The molecule has 2 unspecified atom stereocenters. The normalized spacial score (nSPS) is 21.0. The summed E-state index contributed by atoms with van der Waals surface area (Å²) < 4.78 is -0.175. The molecule has 0 bridgehead atoms. The Balaban J connectivity index is 1.63. The van der Waals surface area contributed by atoms with Crippen molar-refractivity contribution in [2.24, 2.45) is 0 Å². The van der Waals surface area contributed by atoms with E-state index in [0.29, 0.717) is 12.1 Å². The van der Waals surface area contributed by atoms with Gasteiger partial charge in [-0.15, -0.1) is 0 Å². The molecule has 10 heteroatoms. The molecule has 2 aliphatic heterocycles. The van der Waals surface area contributed by atoms with Gasteiger partial charge in [-0.2, -0.15) is 25.3 Å². The Bertz CT molecular complexity index is 468. The number of rotatable bonds is 17. The van der Waals surface area contributed by atoms with Crippen molar-refractivity contribution in [1.29, 1.82) is 0 Å². The summed E-state index contributed by atoms with van der Waals surface area (Å²) in [4.78, 5) is 5.05. The standard InChI is InChI=1S/C24H54N8S2/c1-23(2,33)21(19-27-11-17-31-13-7-25-8-14-31)29-5-6-30-22(24(3,4)34)20-28-12-18-32-15-9-26-10-16-32/h21-22,25-30,33-34H,5-20H2,1-4H3. The van der Waals surface area contributed by atoms with Crippen molar-refractivity contribution in [2.45, 2.75) is 49.3 Å². The highest BCUT2D eigenvalue weighted by Crippen LogP contribution is 2.18. The number of thiol groups is 2. The lowest BCUT2D eigenvalue weighted by Crippen LogP contribution is -2.55. The van der Waals surface area contributed by atoms with Gasteiger partial charge in [0, 0.05) is 126 Å². The van der Waals surface area contributed by atoms with Crippen molar-refractivity contribution in [3.63, 3.8) is 0 Å². The Morgan fingerprint density at radius 1 is 0.647 bits per heavy atom. The Hall–Kier alpha value is 0.380. The maximum atomic E-state index is 4.87. The van der Waals surface area contributed by atoms with Crippen LogP contribution < -0.4 is 31.9 Å². The van der Waals surface area contributed by atoms with Crippen LogP contribution in [0.2, 0.25) is 0 Å². The van der Waals surface area contributed by atoms with Gasteiger partial charge >= 0.3 is 0 Å². The van der Waals surface area contributed by atoms with Crippen LogP contribution in [-0.4, -0.2) is 136 Å². The molecule has 0 aromatic heterocycles. The van der Waals surface area contributed by atoms with Crippen molar-refractivity contribution < 1.29 is 0 Å². The molecule has 2 aliphatic rings. The molecule has 2 saturated heterocycles. The summed E-state index contributed by atoms with van der Waals surface area (Å²) in [5.74, 6) is 0. The second kappa shape index (κ2) is 16.3. The molecular weight excluding hydrogens is 464 g/mol. The zero-order valence-corrected chi connectivity index (χ0v) is 24.0. The lowest BCUT2D eigenvalue weighted by molar-refractivity contribution is 0.238. The molecule has 0 aromatic carbocycles. The van der Waals surface area contributed by atoms with Gasteiger partial charge in [-0.05, 0) is 27.7 Å². The number of nitrogens with one attached hydrogen (secondary N) is 6. The first-order valence-corrected chi connectivity index (χ1v) is 14.2. The molecule has 34 heavy (non-hydrogen) atoms. The minimum Gasteiger partial charge on any atom is -0.314 e. The van der Waals surface area contributed by atoms with Gasteiger partial charge in [0.1, 0.15) is 0 Å². The SMILES string of the molecule is CC(C)(S)C(CNCCN1CCNCC1)NCCNC(CNCCN1CCNCC1)C(C)(C)S. The van der Waals surface area contributed by atoms with Crippen molar-refractivity contribution >= 4 is 25.3 Å². The third-order valence-corrected chi connectivity index (χ3v) is 7.56. The third kappa shape index (κ3) is 13.1. The van der Waals surface area contributed by atoms with E-state index >= 15 is 0 Å². The summed E-state index contributed by atoms with van der Waals surface area (Å²) >= 11 is 9.74. The number of nitrogens with zero attached hydrogens (tertiary/aromatic N) is 2. The molecule has 0 aromatic rings. The van der Waals surface area contributed by atoms with E-state index in [9.17, 15) is 0 Å². The summed E-state index contributed by atoms with van der Waals surface area (Å²) in [6.45, 7) is 25.8. The van der Waals surface area contributed by atoms with E-state index in [2.05, 4.69) is 69.4 Å². The smallest absolute Gasteiger partial charge is 0.0332 e. The highest BCUT2D eigenvalue weighted by atomic mass is 32.1. The summed E-state index contributed by atoms with van der Waals surface area (Å²) in [7, 11) is 0. The van der Waals surface area contributed by atoms with E-state index in [-0.39, 0.29) is 9.49 Å². The molecular formula is C24H54N8S2. The zero-order valence-electron chi connectivity index (χ0n) is 22.3. The maximum Gasteiger partial charge on any atom is 0.0332 e. The van der Waals surface area contributed by atoms with Crippen LogP contribution in [0.3, 0.4) is 0 Å². The fraction of sp³-hybridized carbons (Fsp3) is 1.00. The van der Waals surface area contributed by atoms with Gasteiger partial charge < -0.3 is 31.9 Å². The quantitative estimate of drug-likeness (QED) is 0.0950. The molecule has 2 atom stereocenters. The second-order valence-corrected chi connectivity index (χ2v) is 13.2. The van der Waals surface area contributed by atoms with Crippen molar-refractivity contribution in [1.82, 2.24) is 41.7 Å². The van der Waals surface area contributed by atoms with E-state index in [1.807, 2.05) is 0 Å². The monoisotopic (exact) mass is 518 g/mol. The van der Waals surface area contributed by atoms with Crippen LogP contribution in [0.25, 0.3) is 0 Å². The number of hydrogen-bond donors (Lipinski definition) is 8. The third-order valence-electron chi connectivity index (χ3n) is 6.94. The summed E-state index contributed by atoms with van der Waals surface area (Å²) in [6, 6.07) is 0.612. The Labute approximate surface area is 220 Å². The molecule has 0 amide bonds. The molecule has 0 saturated carbocycles. The molecule has 202 valence electrons. The first-order chi connectivity index (χ1) is 16.2. The molecule has 6 N–H and O–H groups in total. The van der Waals surface area contributed by atoms with Crippen LogP contribution in [-0.2, 0) is 0 Å². The van der Waals surface area contributed by atoms with Gasteiger partial charge in [0.15, 0.2) is 0 Å². The van der Waals surface area contributed by atoms with Gasteiger partial charge in [-0.25, -0.2) is 0 Å². The Kier molecular flexibility index (Phi) is 14.6. The van der Waals surface area contributed by atoms with Crippen LogP contribution >= 0.6 is 25.3 Å². The highest BCUT2D eigenvalue weighted by Gasteiger charge is 2.27. The topological polar surface area (TPSA) is 78.7 Å². The predicted octanol–water partition coefficient (Wildman–Crippen LogP) is -0.691. The molecule has 2 heterocycles. The highest BCUT2D eigenvalue weighted by molar-refractivity contribution is 7.82. The lowest BCUT2D eigenvalue weighted by atomic mass is 10.0. The number of hydrogen-bond acceptors (Lipinski definition) is 10. The predicted molar refractivity (Wildman–Crippen MR) is 154 cm³/mol. The lowest BCUT2D eigenvalue weighted by Gasteiger charge is -2.34. The number of piperazine rings is 2. The van der Waals surface area contributed by atoms with Gasteiger partial charge in [-0.1, -0.05) is 0 Å². The minimum atomic E-state index is -0.0875. The molecule has 0 aliphatic carbocycles. The van der Waals surface area contributed by atoms with Crippen LogP contribution in [0.4, 0.5) is 0 Å². The van der Waals surface area contributed by atoms with Crippen molar-refractivity contribution in [3.8, 4) is 0 Å². The van der Waals surface area contributed by atoms with Crippen LogP contribution in [0.5, 0.6) is 0 Å². The van der Waals surface area contributed by atoms with E-state index in [4.69, 9.17) is 25.3 Å². The largest absolute Gasteiger partial charge is 0.314 e. The minimum absolute atomic E-state index is 0.0875. The fourth-order valence-electron chi connectivity index (χ4n) is 4.47. The molecule has 2 fully saturated rings. The van der Waals surface area contributed by atoms with Crippen molar-refractivity contribution in [3.05, 3.63) is 0 Å². The van der Waals surface area contributed by atoms with Gasteiger partial charge in [0.2, 0.25) is 0 Å². The van der Waals surface area contributed by atoms with E-state index in [0.717, 1.165) is 105 Å². The van der Waals surface area contributed by atoms with Crippen LogP contribution in [0, 0.1) is 0 Å². The van der Waals surface area contributed by atoms with Gasteiger partial charge in [0.05, 0.1) is 0 Å². The summed E-state index contributed by atoms with van der Waals surface area (Å²) in [5.41, 5.74) is 0. The van der Waals surface area contributed by atoms with Crippen molar-refractivity contribution in [2.75, 3.05) is 105 Å². The average molecular weight is 519 g/mol. The summed E-state index contributed by atoms with van der Waals surface area (Å²) in [5, 5.41) is 21.6. The first-order valence-electron chi connectivity index (χ1n) is 13.4. The maximum absolute atomic E-state index is 4.87. The van der Waals surface area contributed by atoms with E-state index < -0.39 is 0 Å². The zero-order chi connectivity index (χ0) is 24.9. The second-order valence-electron chi connectivity index (χ2n) is 10.9. The Morgan fingerprint density at radius 2 is 1.00 bits per heavy atom. The van der Waals surface area contributed by atoms with E-state index in [1.54, 1.807) is 0 Å². The average Bonchev–Trinajstić information content (AvgIpc) is 2.79. The molecule has 0 radical (unpaired) electrons. The van der Waals surface area contributed by atoms with Gasteiger partial charge in [0.25, 0.3) is 0 Å². The summed E-state index contributed by atoms with van der Waals surface area (Å²) in [6.07, 6.45) is 0. The van der Waals surface area contributed by atoms with Crippen LogP contribution in [0.15, 0.2) is 0 Å². The molecule has 0 spiro atoms. The first kappa shape index (κ1) is 30.6. The Morgan fingerprint density at radius 3 is 1.32 bits per heavy atom. The van der Waals surface area contributed by atoms with Crippen LogP contribution in [0.1, 0.15) is 27.7 Å². The van der Waals surface area contributed by atoms with E-state index in [1.165, 1.54) is 0 Å². The molecule has 2 rings (SSSR count). The van der Waals surface area contributed by atoms with Gasteiger partial charge in [-0.3, -0.25) is 9.80 Å². The molecule has 8 nitrogen and oxygen atoms in total.